The summed E-state index contributed by atoms with van der Waals surface area (Å²) in [7, 11) is 3.83. The Labute approximate surface area is 116 Å². The van der Waals surface area contributed by atoms with Gasteiger partial charge in [-0.3, -0.25) is 4.68 Å². The van der Waals surface area contributed by atoms with Crippen molar-refractivity contribution in [3.63, 3.8) is 0 Å². The molecule has 0 amide bonds. The molecule has 0 radical (unpaired) electrons. The van der Waals surface area contributed by atoms with Crippen molar-refractivity contribution in [1.29, 1.82) is 0 Å². The lowest BCUT2D eigenvalue weighted by molar-refractivity contribution is 0.766. The minimum absolute atomic E-state index is 0.556. The van der Waals surface area contributed by atoms with Crippen LogP contribution >= 0.6 is 11.8 Å². The number of rotatable bonds is 4. The molecule has 5 nitrogen and oxygen atoms in total. The lowest BCUT2D eigenvalue weighted by Gasteiger charge is -2.10. The first kappa shape index (κ1) is 12.5. The molecule has 2 heterocycles. The fourth-order valence-electron chi connectivity index (χ4n) is 1.94. The van der Waals surface area contributed by atoms with Crippen LogP contribution in [0, 0.1) is 6.92 Å². The third-order valence-corrected chi connectivity index (χ3v) is 4.23. The standard InChI is InChI=1S/C13H17N5S/c1-8-11(14-2)16-12(9-4-5-9)17-13(8)19-10-6-15-18(3)7-10/h6-7,9H,4-5H2,1-3H3,(H,14,16,17). The largest absolute Gasteiger partial charge is 0.373 e. The Morgan fingerprint density at radius 3 is 2.74 bits per heavy atom. The van der Waals surface area contributed by atoms with Crippen LogP contribution in [-0.4, -0.2) is 26.8 Å². The van der Waals surface area contributed by atoms with Crippen LogP contribution in [-0.2, 0) is 7.05 Å². The van der Waals surface area contributed by atoms with Crippen LogP contribution in [0.15, 0.2) is 22.3 Å². The first-order chi connectivity index (χ1) is 9.17. The van der Waals surface area contributed by atoms with E-state index in [-0.39, 0.29) is 0 Å². The quantitative estimate of drug-likeness (QED) is 0.869. The molecule has 100 valence electrons. The van der Waals surface area contributed by atoms with Gasteiger partial charge in [-0.2, -0.15) is 5.10 Å². The van der Waals surface area contributed by atoms with Gasteiger partial charge in [0.2, 0.25) is 0 Å². The first-order valence-electron chi connectivity index (χ1n) is 6.40. The Bertz CT molecular complexity index is 603. The maximum atomic E-state index is 4.72. The van der Waals surface area contributed by atoms with E-state index < -0.39 is 0 Å². The fourth-order valence-corrected chi connectivity index (χ4v) is 2.86. The van der Waals surface area contributed by atoms with Crippen LogP contribution < -0.4 is 5.32 Å². The van der Waals surface area contributed by atoms with Crippen LogP contribution in [0.4, 0.5) is 5.82 Å². The SMILES string of the molecule is CNc1nc(C2CC2)nc(Sc2cnn(C)c2)c1C. The average molecular weight is 275 g/mol. The lowest BCUT2D eigenvalue weighted by atomic mass is 10.3. The van der Waals surface area contributed by atoms with Gasteiger partial charge in [-0.1, -0.05) is 11.8 Å². The van der Waals surface area contributed by atoms with Gasteiger partial charge >= 0.3 is 0 Å². The summed E-state index contributed by atoms with van der Waals surface area (Å²) in [6.07, 6.45) is 6.29. The Kier molecular flexibility index (Phi) is 3.18. The number of aromatic nitrogens is 4. The van der Waals surface area contributed by atoms with Gasteiger partial charge in [-0.25, -0.2) is 9.97 Å². The molecule has 1 N–H and O–H groups in total. The first-order valence-corrected chi connectivity index (χ1v) is 7.22. The molecule has 0 bridgehead atoms. The summed E-state index contributed by atoms with van der Waals surface area (Å²) in [6.45, 7) is 2.06. The van der Waals surface area contributed by atoms with E-state index >= 15 is 0 Å². The number of hydrogen-bond donors (Lipinski definition) is 1. The molecule has 0 saturated heterocycles. The Morgan fingerprint density at radius 2 is 2.16 bits per heavy atom. The monoisotopic (exact) mass is 275 g/mol. The van der Waals surface area contributed by atoms with Crippen molar-refractivity contribution in [1.82, 2.24) is 19.7 Å². The molecule has 0 atom stereocenters. The van der Waals surface area contributed by atoms with Gasteiger partial charge in [0.15, 0.2) is 0 Å². The predicted octanol–water partition coefficient (Wildman–Crippen LogP) is 2.59. The van der Waals surface area contributed by atoms with Crippen LogP contribution in [0.2, 0.25) is 0 Å². The molecule has 2 aromatic rings. The Morgan fingerprint density at radius 1 is 1.37 bits per heavy atom. The van der Waals surface area contributed by atoms with Gasteiger partial charge in [0.05, 0.1) is 11.1 Å². The zero-order valence-corrected chi connectivity index (χ0v) is 12.2. The third-order valence-electron chi connectivity index (χ3n) is 3.19. The van der Waals surface area contributed by atoms with E-state index in [1.165, 1.54) is 12.8 Å². The number of nitrogens with one attached hydrogen (secondary N) is 1. The van der Waals surface area contributed by atoms with E-state index in [2.05, 4.69) is 22.3 Å². The average Bonchev–Trinajstić information content (AvgIpc) is 3.16. The minimum atomic E-state index is 0.556. The molecular formula is C13H17N5S. The Balaban J connectivity index is 1.96. The molecule has 1 fully saturated rings. The molecular weight excluding hydrogens is 258 g/mol. The van der Waals surface area contributed by atoms with Gasteiger partial charge in [-0.05, 0) is 19.8 Å². The van der Waals surface area contributed by atoms with Crippen molar-refractivity contribution in [2.45, 2.75) is 35.6 Å². The van der Waals surface area contributed by atoms with Crippen molar-refractivity contribution < 1.29 is 0 Å². The topological polar surface area (TPSA) is 55.6 Å². The maximum absolute atomic E-state index is 4.72. The third kappa shape index (κ3) is 2.58. The van der Waals surface area contributed by atoms with Gasteiger partial charge in [-0.15, -0.1) is 0 Å². The van der Waals surface area contributed by atoms with Crippen LogP contribution in [0.5, 0.6) is 0 Å². The van der Waals surface area contributed by atoms with Gasteiger partial charge in [0.1, 0.15) is 16.7 Å². The number of aryl methyl sites for hydroxylation is 1. The Hall–Kier alpha value is -1.56. The van der Waals surface area contributed by atoms with Crippen molar-refractivity contribution in [3.8, 4) is 0 Å². The zero-order valence-electron chi connectivity index (χ0n) is 11.3. The smallest absolute Gasteiger partial charge is 0.135 e. The molecule has 0 spiro atoms. The van der Waals surface area contributed by atoms with E-state index in [0.29, 0.717) is 5.92 Å². The molecule has 1 aliphatic carbocycles. The maximum Gasteiger partial charge on any atom is 0.135 e. The molecule has 0 aromatic carbocycles. The van der Waals surface area contributed by atoms with E-state index in [9.17, 15) is 0 Å². The van der Waals surface area contributed by atoms with Crippen LogP contribution in [0.3, 0.4) is 0 Å². The second kappa shape index (κ2) is 4.85. The number of anilines is 1. The van der Waals surface area contributed by atoms with E-state index in [1.807, 2.05) is 26.5 Å². The van der Waals surface area contributed by atoms with Gasteiger partial charge in [0.25, 0.3) is 0 Å². The van der Waals surface area contributed by atoms with Crippen molar-refractivity contribution in [2.24, 2.45) is 7.05 Å². The van der Waals surface area contributed by atoms with E-state index in [4.69, 9.17) is 4.98 Å². The molecule has 0 aliphatic heterocycles. The van der Waals surface area contributed by atoms with E-state index in [1.54, 1.807) is 16.4 Å². The van der Waals surface area contributed by atoms with Crippen molar-refractivity contribution in [3.05, 3.63) is 23.8 Å². The summed E-state index contributed by atoms with van der Waals surface area (Å²) in [5.41, 5.74) is 1.10. The summed E-state index contributed by atoms with van der Waals surface area (Å²) >= 11 is 1.65. The summed E-state index contributed by atoms with van der Waals surface area (Å²) < 4.78 is 1.81. The van der Waals surface area contributed by atoms with Crippen molar-refractivity contribution in [2.75, 3.05) is 12.4 Å². The molecule has 19 heavy (non-hydrogen) atoms. The highest BCUT2D eigenvalue weighted by molar-refractivity contribution is 7.99. The molecule has 1 saturated carbocycles. The highest BCUT2D eigenvalue weighted by Crippen LogP contribution is 2.40. The summed E-state index contributed by atoms with van der Waals surface area (Å²) in [5.74, 6) is 2.46. The highest BCUT2D eigenvalue weighted by Gasteiger charge is 2.28. The molecule has 3 rings (SSSR count). The highest BCUT2D eigenvalue weighted by atomic mass is 32.2. The summed E-state index contributed by atoms with van der Waals surface area (Å²) in [5, 5.41) is 8.38. The fraction of sp³-hybridized carbons (Fsp3) is 0.462. The molecule has 0 unspecified atom stereocenters. The summed E-state index contributed by atoms with van der Waals surface area (Å²) in [6, 6.07) is 0. The lowest BCUT2D eigenvalue weighted by Crippen LogP contribution is -2.03. The molecule has 2 aromatic heterocycles. The van der Waals surface area contributed by atoms with Gasteiger partial charge < -0.3 is 5.32 Å². The van der Waals surface area contributed by atoms with Gasteiger partial charge in [0, 0.05) is 31.8 Å². The van der Waals surface area contributed by atoms with Crippen LogP contribution in [0.1, 0.15) is 30.1 Å². The molecule has 1 aliphatic rings. The second-order valence-corrected chi connectivity index (χ2v) is 5.90. The number of hydrogen-bond acceptors (Lipinski definition) is 5. The minimum Gasteiger partial charge on any atom is -0.373 e. The zero-order chi connectivity index (χ0) is 13.4. The van der Waals surface area contributed by atoms with Crippen LogP contribution in [0.25, 0.3) is 0 Å². The second-order valence-electron chi connectivity index (χ2n) is 4.84. The summed E-state index contributed by atoms with van der Waals surface area (Å²) in [4.78, 5) is 10.4. The van der Waals surface area contributed by atoms with E-state index in [0.717, 1.165) is 27.1 Å². The predicted molar refractivity (Wildman–Crippen MR) is 75.6 cm³/mol. The van der Waals surface area contributed by atoms with Crippen molar-refractivity contribution >= 4 is 17.6 Å². The normalized spacial score (nSPS) is 14.7. The number of nitrogens with zero attached hydrogens (tertiary/aromatic N) is 4. The molecule has 6 heteroatoms.